The molecule has 2 aromatic carbocycles. The molecule has 3 amide bonds. The molecule has 0 unspecified atom stereocenters. The highest BCUT2D eigenvalue weighted by atomic mass is 32.2. The third kappa shape index (κ3) is 7.43. The van der Waals surface area contributed by atoms with Crippen molar-refractivity contribution in [1.82, 2.24) is 14.5 Å². The first kappa shape index (κ1) is 31.4. The summed E-state index contributed by atoms with van der Waals surface area (Å²) in [5.41, 5.74) is 2.44. The quantitative estimate of drug-likeness (QED) is 0.317. The highest BCUT2D eigenvalue weighted by molar-refractivity contribution is 7.89. The topological polar surface area (TPSA) is 125 Å². The van der Waals surface area contributed by atoms with E-state index in [1.54, 1.807) is 6.92 Å². The summed E-state index contributed by atoms with van der Waals surface area (Å²) in [5, 5.41) is 5.41. The van der Waals surface area contributed by atoms with Crippen molar-refractivity contribution in [2.24, 2.45) is 0 Å². The Balaban J connectivity index is 1.56. The molecule has 0 fully saturated rings. The van der Waals surface area contributed by atoms with Crippen LogP contribution >= 0.6 is 11.3 Å². The van der Waals surface area contributed by atoms with Crippen molar-refractivity contribution in [2.75, 3.05) is 32.1 Å². The lowest BCUT2D eigenvalue weighted by Crippen LogP contribution is -2.34. The van der Waals surface area contributed by atoms with E-state index in [4.69, 9.17) is 4.74 Å². The van der Waals surface area contributed by atoms with E-state index in [1.165, 1.54) is 52.5 Å². The molecule has 2 N–H and O–H groups in total. The monoisotopic (exact) mass is 612 g/mol. The number of imide groups is 1. The van der Waals surface area contributed by atoms with Gasteiger partial charge >= 0.3 is 6.09 Å². The van der Waals surface area contributed by atoms with Crippen LogP contribution in [0, 0.1) is 0 Å². The predicted molar refractivity (Wildman–Crippen MR) is 162 cm³/mol. The van der Waals surface area contributed by atoms with Crippen LogP contribution < -0.4 is 10.6 Å². The van der Waals surface area contributed by atoms with Crippen LogP contribution in [0.1, 0.15) is 63.4 Å². The summed E-state index contributed by atoms with van der Waals surface area (Å²) < 4.78 is 31.9. The minimum Gasteiger partial charge on any atom is -0.450 e. The van der Waals surface area contributed by atoms with Gasteiger partial charge in [-0.15, -0.1) is 11.3 Å². The van der Waals surface area contributed by atoms with E-state index < -0.39 is 27.9 Å². The second-order valence-electron chi connectivity index (χ2n) is 9.99. The van der Waals surface area contributed by atoms with Crippen LogP contribution in [0.25, 0.3) is 0 Å². The highest BCUT2D eigenvalue weighted by Gasteiger charge is 2.30. The fourth-order valence-electron chi connectivity index (χ4n) is 4.72. The number of nitrogens with one attached hydrogen (secondary N) is 2. The molecule has 1 aliphatic rings. The number of hydrogen-bond donors (Lipinski definition) is 2. The number of anilines is 1. The smallest absolute Gasteiger partial charge is 0.414 e. The number of sulfonamides is 1. The summed E-state index contributed by atoms with van der Waals surface area (Å²) in [6.07, 6.45) is 1.33. The lowest BCUT2D eigenvalue weighted by molar-refractivity contribution is 0.0924. The maximum absolute atomic E-state index is 13.3. The molecule has 0 radical (unpaired) electrons. The van der Waals surface area contributed by atoms with Gasteiger partial charge in [0.15, 0.2) is 0 Å². The van der Waals surface area contributed by atoms with Crippen molar-refractivity contribution in [3.63, 3.8) is 0 Å². The van der Waals surface area contributed by atoms with Crippen LogP contribution in [0.15, 0.2) is 59.5 Å². The molecule has 0 bridgehead atoms. The first-order valence-corrected chi connectivity index (χ1v) is 16.2. The van der Waals surface area contributed by atoms with Crippen LogP contribution in [0.3, 0.4) is 0 Å². The molecule has 1 aliphatic heterocycles. The number of thiophene rings is 1. The SMILES string of the molecule is CCCCN(C)S(=O)(=O)c1ccc(C(=O)Nc2sc3c(c2C(=O)NC(=O)OCC)CCN(Cc2ccccc2)C3)cc1. The summed E-state index contributed by atoms with van der Waals surface area (Å²) in [6.45, 7) is 6.18. The van der Waals surface area contributed by atoms with Gasteiger partial charge in [-0.3, -0.25) is 19.8 Å². The lowest BCUT2D eigenvalue weighted by atomic mass is 10.0. The number of nitrogens with zero attached hydrogens (tertiary/aromatic N) is 2. The van der Waals surface area contributed by atoms with Gasteiger partial charge in [-0.05, 0) is 55.2 Å². The fourth-order valence-corrected chi connectivity index (χ4v) is 7.21. The first-order chi connectivity index (χ1) is 20.1. The van der Waals surface area contributed by atoms with E-state index in [2.05, 4.69) is 27.7 Å². The number of amides is 3. The second kappa shape index (κ2) is 14.1. The van der Waals surface area contributed by atoms with Crippen molar-refractivity contribution < 1.29 is 27.5 Å². The van der Waals surface area contributed by atoms with Gasteiger partial charge in [-0.1, -0.05) is 43.7 Å². The Labute approximate surface area is 250 Å². The van der Waals surface area contributed by atoms with E-state index in [1.807, 2.05) is 25.1 Å². The number of benzene rings is 2. The molecule has 0 spiro atoms. The molecule has 0 saturated heterocycles. The van der Waals surface area contributed by atoms with Crippen LogP contribution in [-0.2, 0) is 34.3 Å². The normalized spacial score (nSPS) is 13.4. The molecule has 3 aromatic rings. The van der Waals surface area contributed by atoms with E-state index in [9.17, 15) is 22.8 Å². The molecule has 10 nitrogen and oxygen atoms in total. The number of carbonyl (C=O) groups is 3. The van der Waals surface area contributed by atoms with Crippen LogP contribution in [0.5, 0.6) is 0 Å². The van der Waals surface area contributed by atoms with Gasteiger partial charge in [0, 0.05) is 43.7 Å². The Bertz CT molecular complexity index is 1520. The van der Waals surface area contributed by atoms with Crippen molar-refractivity contribution in [3.05, 3.63) is 81.7 Å². The number of alkyl carbamates (subject to hydrolysis) is 1. The molecule has 0 aliphatic carbocycles. The predicted octanol–water partition coefficient (Wildman–Crippen LogP) is 4.87. The van der Waals surface area contributed by atoms with Gasteiger partial charge in [0.1, 0.15) is 5.00 Å². The van der Waals surface area contributed by atoms with Crippen molar-refractivity contribution in [1.29, 1.82) is 0 Å². The van der Waals surface area contributed by atoms with Crippen molar-refractivity contribution in [2.45, 2.75) is 51.1 Å². The third-order valence-corrected chi connectivity index (χ3v) is 9.98. The van der Waals surface area contributed by atoms with E-state index >= 15 is 0 Å². The molecular weight excluding hydrogens is 576 g/mol. The second-order valence-corrected chi connectivity index (χ2v) is 13.1. The molecule has 1 aromatic heterocycles. The van der Waals surface area contributed by atoms with Gasteiger partial charge in [0.25, 0.3) is 11.8 Å². The zero-order chi connectivity index (χ0) is 30.3. The number of unbranched alkanes of at least 4 members (excludes halogenated alkanes) is 1. The van der Waals surface area contributed by atoms with Crippen molar-refractivity contribution >= 4 is 44.3 Å². The van der Waals surface area contributed by atoms with E-state index in [0.29, 0.717) is 31.1 Å². The Morgan fingerprint density at radius 2 is 1.74 bits per heavy atom. The summed E-state index contributed by atoms with van der Waals surface area (Å²) in [4.78, 5) is 41.8. The zero-order valence-electron chi connectivity index (χ0n) is 24.0. The Hall–Kier alpha value is -3.58. The summed E-state index contributed by atoms with van der Waals surface area (Å²) in [6, 6.07) is 15.8. The Kier molecular flexibility index (Phi) is 10.5. The number of hydrogen-bond acceptors (Lipinski definition) is 8. The number of carbonyl (C=O) groups excluding carboxylic acids is 3. The maximum Gasteiger partial charge on any atom is 0.414 e. The Morgan fingerprint density at radius 3 is 2.40 bits per heavy atom. The third-order valence-electron chi connectivity index (χ3n) is 6.98. The lowest BCUT2D eigenvalue weighted by Gasteiger charge is -2.27. The largest absolute Gasteiger partial charge is 0.450 e. The molecule has 2 heterocycles. The molecule has 12 heteroatoms. The van der Waals surface area contributed by atoms with Crippen LogP contribution in [-0.4, -0.2) is 62.3 Å². The maximum atomic E-state index is 13.3. The van der Waals surface area contributed by atoms with Crippen LogP contribution in [0.4, 0.5) is 9.80 Å². The molecular formula is C30H36N4O6S2. The molecule has 0 atom stereocenters. The minimum absolute atomic E-state index is 0.0947. The zero-order valence-corrected chi connectivity index (χ0v) is 25.6. The van der Waals surface area contributed by atoms with E-state index in [-0.39, 0.29) is 22.6 Å². The first-order valence-electron chi connectivity index (χ1n) is 13.9. The average Bonchev–Trinajstić information content (AvgIpc) is 3.33. The number of ether oxygens (including phenoxy) is 1. The summed E-state index contributed by atoms with van der Waals surface area (Å²) in [7, 11) is -2.14. The molecule has 42 heavy (non-hydrogen) atoms. The van der Waals surface area contributed by atoms with Gasteiger partial charge in [0.2, 0.25) is 10.0 Å². The standard InChI is InChI=1S/C30H36N4O6S2/c1-4-6-17-33(3)42(38,39)23-14-12-22(13-15-23)27(35)31-29-26(28(36)32-30(37)40-5-2)24-16-18-34(20-25(24)41-29)19-21-10-8-7-9-11-21/h7-15H,4-6,16-20H2,1-3H3,(H,31,35)(H,32,36,37). The van der Waals surface area contributed by atoms with Crippen molar-refractivity contribution in [3.8, 4) is 0 Å². The van der Waals surface area contributed by atoms with Gasteiger partial charge < -0.3 is 10.1 Å². The number of fused-ring (bicyclic) bond motifs is 1. The summed E-state index contributed by atoms with van der Waals surface area (Å²) >= 11 is 1.30. The average molecular weight is 613 g/mol. The number of rotatable bonds is 11. The summed E-state index contributed by atoms with van der Waals surface area (Å²) in [5.74, 6) is -1.14. The molecule has 4 rings (SSSR count). The van der Waals surface area contributed by atoms with Crippen LogP contribution in [0.2, 0.25) is 0 Å². The minimum atomic E-state index is -3.67. The molecule has 224 valence electrons. The van der Waals surface area contributed by atoms with Gasteiger partial charge in [-0.2, -0.15) is 0 Å². The Morgan fingerprint density at radius 1 is 1.02 bits per heavy atom. The fraction of sp³-hybridized carbons (Fsp3) is 0.367. The molecule has 0 saturated carbocycles. The van der Waals surface area contributed by atoms with Gasteiger partial charge in [0.05, 0.1) is 17.1 Å². The van der Waals surface area contributed by atoms with Gasteiger partial charge in [-0.25, -0.2) is 17.5 Å². The van der Waals surface area contributed by atoms with E-state index in [0.717, 1.165) is 29.8 Å². The highest BCUT2D eigenvalue weighted by Crippen LogP contribution is 2.38.